The number of rotatable bonds is 4. The second-order valence-electron chi connectivity index (χ2n) is 3.25. The Morgan fingerprint density at radius 3 is 2.58 bits per heavy atom. The molecule has 0 radical (unpaired) electrons. The quantitative estimate of drug-likeness (QED) is 0.579. The van der Waals surface area contributed by atoms with Crippen LogP contribution in [0.1, 0.15) is 12.8 Å². The Hall–Kier alpha value is -0.610. The van der Waals surface area contributed by atoms with E-state index in [2.05, 4.69) is 10.2 Å². The number of nitrogens with two attached hydrogens (primary N) is 1. The van der Waals surface area contributed by atoms with Gasteiger partial charge in [0.1, 0.15) is 0 Å². The fourth-order valence-corrected chi connectivity index (χ4v) is 1.55. The molecule has 12 heavy (non-hydrogen) atoms. The van der Waals surface area contributed by atoms with Crippen molar-refractivity contribution in [1.82, 2.24) is 10.2 Å². The van der Waals surface area contributed by atoms with E-state index in [0.717, 1.165) is 19.6 Å². The van der Waals surface area contributed by atoms with Crippen LogP contribution < -0.4 is 11.1 Å². The zero-order valence-electron chi connectivity index (χ0n) is 7.55. The summed E-state index contributed by atoms with van der Waals surface area (Å²) in [5, 5.41) is 2.91. The van der Waals surface area contributed by atoms with Crippen molar-refractivity contribution in [1.29, 1.82) is 0 Å². The van der Waals surface area contributed by atoms with Gasteiger partial charge in [0.15, 0.2) is 0 Å². The molecule has 1 saturated heterocycles. The summed E-state index contributed by atoms with van der Waals surface area (Å²) in [5.41, 5.74) is 5.20. The molecule has 4 nitrogen and oxygen atoms in total. The van der Waals surface area contributed by atoms with Gasteiger partial charge in [-0.3, -0.25) is 4.79 Å². The number of primary amides is 1. The highest BCUT2D eigenvalue weighted by Gasteiger charge is 2.19. The Bertz CT molecular complexity index is 154. The zero-order valence-corrected chi connectivity index (χ0v) is 7.55. The number of nitrogens with one attached hydrogen (secondary N) is 1. The van der Waals surface area contributed by atoms with E-state index in [1.54, 1.807) is 7.05 Å². The van der Waals surface area contributed by atoms with E-state index in [-0.39, 0.29) is 11.9 Å². The first-order valence-corrected chi connectivity index (χ1v) is 4.43. The lowest BCUT2D eigenvalue weighted by Gasteiger charge is -2.20. The zero-order chi connectivity index (χ0) is 8.97. The molecule has 1 fully saturated rings. The Kier molecular flexibility index (Phi) is 3.49. The van der Waals surface area contributed by atoms with Gasteiger partial charge in [-0.05, 0) is 33.0 Å². The number of hydrogen-bond acceptors (Lipinski definition) is 3. The third-order valence-electron chi connectivity index (χ3n) is 2.33. The highest BCUT2D eigenvalue weighted by atomic mass is 16.1. The average molecular weight is 171 g/mol. The lowest BCUT2D eigenvalue weighted by molar-refractivity contribution is -0.120. The predicted octanol–water partition coefficient (Wildman–Crippen LogP) is -0.844. The number of likely N-dealkylation sites (tertiary alicyclic amines) is 1. The van der Waals surface area contributed by atoms with Gasteiger partial charge in [0.2, 0.25) is 5.91 Å². The number of nitrogens with zero attached hydrogens (tertiary/aromatic N) is 1. The highest BCUT2D eigenvalue weighted by Crippen LogP contribution is 2.07. The van der Waals surface area contributed by atoms with Gasteiger partial charge in [-0.25, -0.2) is 0 Å². The maximum atomic E-state index is 10.9. The topological polar surface area (TPSA) is 58.4 Å². The first-order valence-electron chi connectivity index (χ1n) is 4.43. The molecule has 0 aliphatic carbocycles. The van der Waals surface area contributed by atoms with Gasteiger partial charge in [-0.15, -0.1) is 0 Å². The second kappa shape index (κ2) is 4.42. The van der Waals surface area contributed by atoms with E-state index in [1.807, 2.05) is 0 Å². The monoisotopic (exact) mass is 171 g/mol. The van der Waals surface area contributed by atoms with Gasteiger partial charge < -0.3 is 16.0 Å². The van der Waals surface area contributed by atoms with Gasteiger partial charge in [-0.1, -0.05) is 0 Å². The number of likely N-dealkylation sites (N-methyl/N-ethyl adjacent to an activating group) is 1. The van der Waals surface area contributed by atoms with Crippen molar-refractivity contribution in [2.45, 2.75) is 18.9 Å². The minimum absolute atomic E-state index is 0.192. The molecule has 70 valence electrons. The lowest BCUT2D eigenvalue weighted by atomic mass is 10.2. The fourth-order valence-electron chi connectivity index (χ4n) is 1.55. The van der Waals surface area contributed by atoms with Crippen molar-refractivity contribution in [3.05, 3.63) is 0 Å². The van der Waals surface area contributed by atoms with Gasteiger partial charge in [-0.2, -0.15) is 0 Å². The molecule has 1 amide bonds. The Morgan fingerprint density at radius 1 is 1.58 bits per heavy atom. The molecule has 1 rings (SSSR count). The molecular formula is C8H17N3O. The molecule has 0 bridgehead atoms. The first kappa shape index (κ1) is 9.48. The molecule has 0 saturated carbocycles. The number of carbonyl (C=O) groups is 1. The van der Waals surface area contributed by atoms with E-state index in [4.69, 9.17) is 5.73 Å². The van der Waals surface area contributed by atoms with E-state index in [1.165, 1.54) is 12.8 Å². The standard InChI is InChI=1S/C8H17N3O/c1-10-7(8(9)12)6-11-4-2-3-5-11/h7,10H,2-6H2,1H3,(H2,9,12). The van der Waals surface area contributed by atoms with Gasteiger partial charge in [0.25, 0.3) is 0 Å². The molecule has 4 heteroatoms. The number of amides is 1. The number of hydrogen-bond donors (Lipinski definition) is 2. The molecule has 0 aromatic heterocycles. The van der Waals surface area contributed by atoms with Crippen LogP contribution in [0.2, 0.25) is 0 Å². The molecule has 0 spiro atoms. The molecule has 1 atom stereocenters. The van der Waals surface area contributed by atoms with E-state index < -0.39 is 0 Å². The largest absolute Gasteiger partial charge is 0.368 e. The van der Waals surface area contributed by atoms with E-state index in [0.29, 0.717) is 0 Å². The highest BCUT2D eigenvalue weighted by molar-refractivity contribution is 5.80. The van der Waals surface area contributed by atoms with Crippen molar-refractivity contribution in [3.63, 3.8) is 0 Å². The summed E-state index contributed by atoms with van der Waals surface area (Å²) < 4.78 is 0. The molecule has 1 aliphatic rings. The first-order chi connectivity index (χ1) is 5.74. The van der Waals surface area contributed by atoms with Crippen molar-refractivity contribution in [2.24, 2.45) is 5.73 Å². The smallest absolute Gasteiger partial charge is 0.235 e. The SMILES string of the molecule is CNC(CN1CCCC1)C(N)=O. The summed E-state index contributed by atoms with van der Waals surface area (Å²) in [5.74, 6) is -0.260. The van der Waals surface area contributed by atoms with Gasteiger partial charge >= 0.3 is 0 Å². The summed E-state index contributed by atoms with van der Waals surface area (Å²) in [6, 6.07) is -0.192. The second-order valence-corrected chi connectivity index (χ2v) is 3.25. The maximum Gasteiger partial charge on any atom is 0.235 e. The third kappa shape index (κ3) is 2.46. The summed E-state index contributed by atoms with van der Waals surface area (Å²) in [6.45, 7) is 2.96. The molecule has 0 aromatic carbocycles. The molecule has 1 aliphatic heterocycles. The van der Waals surface area contributed by atoms with Crippen LogP contribution in [0.4, 0.5) is 0 Å². The third-order valence-corrected chi connectivity index (χ3v) is 2.33. The van der Waals surface area contributed by atoms with Crippen molar-refractivity contribution in [3.8, 4) is 0 Å². The molecule has 1 unspecified atom stereocenters. The summed E-state index contributed by atoms with van der Waals surface area (Å²) in [4.78, 5) is 13.1. The molecule has 1 heterocycles. The van der Waals surface area contributed by atoms with Crippen LogP contribution in [-0.4, -0.2) is 43.5 Å². The van der Waals surface area contributed by atoms with Crippen LogP contribution in [0.15, 0.2) is 0 Å². The molecular weight excluding hydrogens is 154 g/mol. The van der Waals surface area contributed by atoms with Crippen LogP contribution >= 0.6 is 0 Å². The van der Waals surface area contributed by atoms with Crippen LogP contribution in [-0.2, 0) is 4.79 Å². The van der Waals surface area contributed by atoms with E-state index >= 15 is 0 Å². The van der Waals surface area contributed by atoms with E-state index in [9.17, 15) is 4.79 Å². The fraction of sp³-hybridized carbons (Fsp3) is 0.875. The van der Waals surface area contributed by atoms with Crippen molar-refractivity contribution < 1.29 is 4.79 Å². The predicted molar refractivity (Wildman–Crippen MR) is 47.7 cm³/mol. The Labute approximate surface area is 73.1 Å². The summed E-state index contributed by atoms with van der Waals surface area (Å²) in [6.07, 6.45) is 2.49. The lowest BCUT2D eigenvalue weighted by Crippen LogP contribution is -2.47. The minimum atomic E-state index is -0.260. The van der Waals surface area contributed by atoms with Gasteiger partial charge in [0.05, 0.1) is 6.04 Å². The van der Waals surface area contributed by atoms with Crippen molar-refractivity contribution >= 4 is 5.91 Å². The van der Waals surface area contributed by atoms with Crippen LogP contribution in [0.3, 0.4) is 0 Å². The van der Waals surface area contributed by atoms with Gasteiger partial charge in [0, 0.05) is 6.54 Å². The number of carbonyl (C=O) groups excluding carboxylic acids is 1. The Morgan fingerprint density at radius 2 is 2.17 bits per heavy atom. The molecule has 0 aromatic rings. The summed E-state index contributed by atoms with van der Waals surface area (Å²) >= 11 is 0. The van der Waals surface area contributed by atoms with Crippen molar-refractivity contribution in [2.75, 3.05) is 26.7 Å². The Balaban J connectivity index is 2.30. The maximum absolute atomic E-state index is 10.9. The van der Waals surface area contributed by atoms with Crippen LogP contribution in [0, 0.1) is 0 Å². The summed E-state index contributed by atoms with van der Waals surface area (Å²) in [7, 11) is 1.77. The normalized spacial score (nSPS) is 21.1. The molecule has 3 N–H and O–H groups in total. The van der Waals surface area contributed by atoms with Crippen LogP contribution in [0.5, 0.6) is 0 Å². The minimum Gasteiger partial charge on any atom is -0.368 e. The van der Waals surface area contributed by atoms with Crippen LogP contribution in [0.25, 0.3) is 0 Å². The average Bonchev–Trinajstić information content (AvgIpc) is 2.51.